The molecule has 0 aromatic carbocycles. The van der Waals surface area contributed by atoms with Gasteiger partial charge in [-0.1, -0.05) is 13.8 Å². The summed E-state index contributed by atoms with van der Waals surface area (Å²) in [5.74, 6) is -1.90. The fraction of sp³-hybridized carbons (Fsp3) is 0.778. The van der Waals surface area contributed by atoms with Gasteiger partial charge in [0, 0.05) is 12.3 Å². The fourth-order valence-electron chi connectivity index (χ4n) is 3.10. The first kappa shape index (κ1) is 25.6. The largest absolute Gasteiger partial charge is 0.480 e. The Bertz CT molecular complexity index is 605. The highest BCUT2D eigenvalue weighted by Gasteiger charge is 2.39. The number of nitrogens with one attached hydrogen (secondary N) is 2. The molecule has 11 heteroatoms. The van der Waals surface area contributed by atoms with Crippen LogP contribution in [0.15, 0.2) is 0 Å². The number of nitrogens with two attached hydrogens (primary N) is 1. The molecule has 0 bridgehead atoms. The number of aliphatic carboxylic acids is 1. The Hall–Kier alpha value is -1.46. The van der Waals surface area contributed by atoms with E-state index in [2.05, 4.69) is 23.3 Å². The smallest absolute Gasteiger partial charge is 0.326 e. The Labute approximate surface area is 181 Å². The predicted octanol–water partition coefficient (Wildman–Crippen LogP) is -0.302. The van der Waals surface area contributed by atoms with Gasteiger partial charge in [0.05, 0.1) is 6.04 Å². The van der Waals surface area contributed by atoms with Gasteiger partial charge in [-0.15, -0.1) is 0 Å². The highest BCUT2D eigenvalue weighted by molar-refractivity contribution is 7.98. The summed E-state index contributed by atoms with van der Waals surface area (Å²) in [7, 11) is 0. The molecule has 4 atom stereocenters. The predicted molar refractivity (Wildman–Crippen MR) is 116 cm³/mol. The molecule has 1 aliphatic heterocycles. The van der Waals surface area contributed by atoms with Crippen LogP contribution < -0.4 is 16.4 Å². The van der Waals surface area contributed by atoms with Crippen LogP contribution in [0.4, 0.5) is 0 Å². The molecule has 29 heavy (non-hydrogen) atoms. The summed E-state index contributed by atoms with van der Waals surface area (Å²) in [6.07, 6.45) is 3.23. The van der Waals surface area contributed by atoms with Crippen molar-refractivity contribution in [2.24, 2.45) is 11.7 Å². The lowest BCUT2D eigenvalue weighted by Crippen LogP contribution is -2.58. The number of carboxylic acids is 1. The van der Waals surface area contributed by atoms with Gasteiger partial charge in [-0.05, 0) is 37.2 Å². The minimum atomic E-state index is -1.10. The Morgan fingerprint density at radius 2 is 1.93 bits per heavy atom. The van der Waals surface area contributed by atoms with Crippen molar-refractivity contribution in [1.29, 1.82) is 0 Å². The zero-order chi connectivity index (χ0) is 22.1. The van der Waals surface area contributed by atoms with Crippen molar-refractivity contribution in [3.63, 3.8) is 0 Å². The van der Waals surface area contributed by atoms with Crippen molar-refractivity contribution in [3.8, 4) is 0 Å². The molecule has 0 unspecified atom stereocenters. The highest BCUT2D eigenvalue weighted by atomic mass is 32.2. The van der Waals surface area contributed by atoms with E-state index in [9.17, 15) is 24.3 Å². The standard InChI is InChI=1S/C18H32N4O5S2/c1-10(2)14(21-15(23)11(19)9-28)17(25)22-7-4-5-13(22)16(24)20-12(18(26)27)6-8-29-3/h10-14,28H,4-9,19H2,1-3H3,(H,20,24)(H,21,23)(H,26,27)/t11-,12-,13-,14-/m0/s1. The van der Waals surface area contributed by atoms with E-state index in [0.717, 1.165) is 0 Å². The van der Waals surface area contributed by atoms with Crippen LogP contribution in [0.2, 0.25) is 0 Å². The molecule has 1 aliphatic rings. The quantitative estimate of drug-likeness (QED) is 0.273. The lowest BCUT2D eigenvalue weighted by Gasteiger charge is -2.31. The number of amides is 3. The highest BCUT2D eigenvalue weighted by Crippen LogP contribution is 2.21. The summed E-state index contributed by atoms with van der Waals surface area (Å²) in [6.45, 7) is 3.96. The summed E-state index contributed by atoms with van der Waals surface area (Å²) in [5, 5.41) is 14.5. The van der Waals surface area contributed by atoms with E-state index in [-0.39, 0.29) is 17.6 Å². The third-order valence-electron chi connectivity index (χ3n) is 4.83. The maximum atomic E-state index is 13.1. The van der Waals surface area contributed by atoms with E-state index in [0.29, 0.717) is 31.6 Å². The number of likely N-dealkylation sites (tertiary alicyclic amines) is 1. The topological polar surface area (TPSA) is 142 Å². The van der Waals surface area contributed by atoms with Crippen molar-refractivity contribution in [2.45, 2.75) is 57.3 Å². The van der Waals surface area contributed by atoms with Gasteiger partial charge < -0.3 is 26.4 Å². The normalized spacial score (nSPS) is 19.5. The minimum Gasteiger partial charge on any atom is -0.480 e. The molecule has 0 saturated carbocycles. The molecule has 1 rings (SSSR count). The molecule has 1 fully saturated rings. The second-order valence-corrected chi connectivity index (χ2v) is 8.74. The molecule has 0 aromatic rings. The Morgan fingerprint density at radius 1 is 1.28 bits per heavy atom. The molecular formula is C18H32N4O5S2. The summed E-state index contributed by atoms with van der Waals surface area (Å²) < 4.78 is 0. The van der Waals surface area contributed by atoms with Crippen molar-refractivity contribution >= 4 is 48.1 Å². The summed E-state index contributed by atoms with van der Waals surface area (Å²) in [5.41, 5.74) is 5.68. The molecule has 1 heterocycles. The average molecular weight is 449 g/mol. The number of carbonyl (C=O) groups is 4. The van der Waals surface area contributed by atoms with Crippen LogP contribution in [-0.4, -0.2) is 82.2 Å². The zero-order valence-corrected chi connectivity index (χ0v) is 18.8. The van der Waals surface area contributed by atoms with Crippen LogP contribution in [0.1, 0.15) is 33.1 Å². The second-order valence-electron chi connectivity index (χ2n) is 7.39. The molecule has 3 amide bonds. The molecule has 166 valence electrons. The number of hydrogen-bond acceptors (Lipinski definition) is 7. The fourth-order valence-corrected chi connectivity index (χ4v) is 3.74. The van der Waals surface area contributed by atoms with Gasteiger partial charge in [0.1, 0.15) is 18.1 Å². The monoisotopic (exact) mass is 448 g/mol. The van der Waals surface area contributed by atoms with Crippen molar-refractivity contribution in [2.75, 3.05) is 24.3 Å². The van der Waals surface area contributed by atoms with Crippen molar-refractivity contribution in [3.05, 3.63) is 0 Å². The lowest BCUT2D eigenvalue weighted by atomic mass is 10.0. The molecular weight excluding hydrogens is 416 g/mol. The van der Waals surface area contributed by atoms with E-state index in [1.165, 1.54) is 16.7 Å². The molecule has 9 nitrogen and oxygen atoms in total. The molecule has 0 radical (unpaired) electrons. The van der Waals surface area contributed by atoms with Crippen molar-refractivity contribution < 1.29 is 24.3 Å². The zero-order valence-electron chi connectivity index (χ0n) is 17.1. The Kier molecular flexibility index (Phi) is 10.8. The van der Waals surface area contributed by atoms with Gasteiger partial charge in [0.2, 0.25) is 17.7 Å². The number of hydrogen-bond donors (Lipinski definition) is 5. The second kappa shape index (κ2) is 12.3. The maximum absolute atomic E-state index is 13.1. The van der Waals surface area contributed by atoms with E-state index in [4.69, 9.17) is 5.73 Å². The number of thioether (sulfide) groups is 1. The van der Waals surface area contributed by atoms with Crippen molar-refractivity contribution in [1.82, 2.24) is 15.5 Å². The Morgan fingerprint density at radius 3 is 2.45 bits per heavy atom. The lowest BCUT2D eigenvalue weighted by molar-refractivity contribution is -0.145. The van der Waals surface area contributed by atoms with E-state index < -0.39 is 42.0 Å². The summed E-state index contributed by atoms with van der Waals surface area (Å²) in [4.78, 5) is 50.8. The summed E-state index contributed by atoms with van der Waals surface area (Å²) in [6, 6.07) is -3.41. The van der Waals surface area contributed by atoms with E-state index >= 15 is 0 Å². The van der Waals surface area contributed by atoms with Crippen LogP contribution in [0.5, 0.6) is 0 Å². The first-order valence-corrected chi connectivity index (χ1v) is 11.7. The maximum Gasteiger partial charge on any atom is 0.326 e. The first-order valence-electron chi connectivity index (χ1n) is 9.63. The van der Waals surface area contributed by atoms with Gasteiger partial charge in [0.15, 0.2) is 0 Å². The molecule has 5 N–H and O–H groups in total. The number of carboxylic acid groups (broad SMARTS) is 1. The molecule has 1 saturated heterocycles. The number of nitrogens with zero attached hydrogens (tertiary/aromatic N) is 1. The van der Waals surface area contributed by atoms with E-state index in [1.54, 1.807) is 13.8 Å². The third-order valence-corrected chi connectivity index (χ3v) is 5.87. The van der Waals surface area contributed by atoms with Crippen LogP contribution in [-0.2, 0) is 19.2 Å². The van der Waals surface area contributed by atoms with Gasteiger partial charge in [-0.3, -0.25) is 14.4 Å². The van der Waals surface area contributed by atoms with Gasteiger partial charge >= 0.3 is 5.97 Å². The molecule has 0 aliphatic carbocycles. The molecule has 0 spiro atoms. The van der Waals surface area contributed by atoms with Gasteiger partial charge in [-0.2, -0.15) is 24.4 Å². The Balaban J connectivity index is 2.88. The third kappa shape index (κ3) is 7.38. The van der Waals surface area contributed by atoms with Crippen LogP contribution in [0.3, 0.4) is 0 Å². The minimum absolute atomic E-state index is 0.145. The first-order chi connectivity index (χ1) is 13.6. The van der Waals surface area contributed by atoms with Crippen LogP contribution in [0, 0.1) is 5.92 Å². The molecule has 0 aromatic heterocycles. The SMILES string of the molecule is CSCC[C@H](NC(=O)[C@@H]1CCCN1C(=O)[C@@H](NC(=O)[C@@H](N)CS)C(C)C)C(=O)O. The number of thiol groups is 1. The van der Waals surface area contributed by atoms with Gasteiger partial charge in [-0.25, -0.2) is 4.79 Å². The van der Waals surface area contributed by atoms with E-state index in [1.807, 2.05) is 6.26 Å². The van der Waals surface area contributed by atoms with Crippen LogP contribution >= 0.6 is 24.4 Å². The summed E-state index contributed by atoms with van der Waals surface area (Å²) >= 11 is 5.49. The number of carbonyl (C=O) groups excluding carboxylic acids is 3. The van der Waals surface area contributed by atoms with Gasteiger partial charge in [0.25, 0.3) is 0 Å². The van der Waals surface area contributed by atoms with Crippen LogP contribution in [0.25, 0.3) is 0 Å². The average Bonchev–Trinajstić information content (AvgIpc) is 3.17. The number of rotatable bonds is 11.